The van der Waals surface area contributed by atoms with Crippen LogP contribution in [0.3, 0.4) is 0 Å². The molecule has 1 aromatic rings. The van der Waals surface area contributed by atoms with E-state index < -0.39 is 8.24 Å². The predicted octanol–water partition coefficient (Wildman–Crippen LogP) is 5.97. The van der Waals surface area contributed by atoms with Crippen LogP contribution in [0, 0.1) is 0 Å². The molecule has 0 aromatic heterocycles. The van der Waals surface area contributed by atoms with Gasteiger partial charge in [0.15, 0.2) is 8.24 Å². The molecule has 0 bridgehead atoms. The second-order valence-corrected chi connectivity index (χ2v) is 18.0. The Labute approximate surface area is 210 Å². The number of fused-ring (bicyclic) bond motifs is 2. The molecule has 33 heavy (non-hydrogen) atoms. The van der Waals surface area contributed by atoms with Crippen molar-refractivity contribution in [2.75, 3.05) is 37.8 Å². The number of carbonyl (C=O) groups excluding carboxylic acids is 1. The van der Waals surface area contributed by atoms with Crippen molar-refractivity contribution in [3.63, 3.8) is 0 Å². The molecule has 4 rings (SSSR count). The number of nitrogens with zero attached hydrogens (tertiary/aromatic N) is 3. The first-order valence-corrected chi connectivity index (χ1v) is 16.5. The largest absolute Gasteiger partial charge is 0.396 e. The summed E-state index contributed by atoms with van der Waals surface area (Å²) >= 11 is 3.87. The topological polar surface area (TPSA) is 38.8 Å². The Hall–Kier alpha value is -1.05. The van der Waals surface area contributed by atoms with Gasteiger partial charge < -0.3 is 19.7 Å². The molecule has 0 spiro atoms. The molecule has 2 aliphatic heterocycles. The van der Waals surface area contributed by atoms with Gasteiger partial charge in [-0.3, -0.25) is 0 Å². The first kappa shape index (κ1) is 25.1. The lowest BCUT2D eigenvalue weighted by molar-refractivity contribution is 0.108. The number of nitrogens with one attached hydrogen (secondary N) is 1. The highest BCUT2D eigenvalue weighted by molar-refractivity contribution is 9.10. The number of carbonyl (C=O) groups is 1. The minimum atomic E-state index is -1.69. The third kappa shape index (κ3) is 4.27. The quantitative estimate of drug-likeness (QED) is 0.483. The number of likely N-dealkylation sites (N-methyl/N-ethyl adjacent to an activating group) is 1. The Morgan fingerprint density at radius 3 is 2.45 bits per heavy atom. The van der Waals surface area contributed by atoms with Gasteiger partial charge in [-0.25, -0.2) is 4.79 Å². The molecule has 5 nitrogen and oxygen atoms in total. The van der Waals surface area contributed by atoms with Crippen LogP contribution in [-0.4, -0.2) is 69.4 Å². The Morgan fingerprint density at radius 2 is 1.85 bits per heavy atom. The molecule has 184 valence electrons. The van der Waals surface area contributed by atoms with E-state index in [-0.39, 0.29) is 12.1 Å². The van der Waals surface area contributed by atoms with Gasteiger partial charge in [-0.15, -0.1) is 0 Å². The molecule has 1 saturated heterocycles. The number of benzene rings is 1. The molecule has 1 fully saturated rings. The number of likely N-dealkylation sites (tertiary alicyclic amines) is 1. The van der Waals surface area contributed by atoms with Crippen LogP contribution >= 0.6 is 15.9 Å². The van der Waals surface area contributed by atoms with Gasteiger partial charge in [-0.1, -0.05) is 49.8 Å². The molecule has 7 heteroatoms. The zero-order valence-corrected chi connectivity index (χ0v) is 24.4. The summed E-state index contributed by atoms with van der Waals surface area (Å²) < 4.78 is 4.01. The van der Waals surface area contributed by atoms with Crippen LogP contribution in [0.15, 0.2) is 16.6 Å². The zero-order chi connectivity index (χ0) is 24.3. The molecule has 4 atom stereocenters. The Bertz CT molecular complexity index is 910. The number of piperidine rings is 1. The molecule has 1 aliphatic carbocycles. The minimum absolute atomic E-state index is 0.0779. The highest BCUT2D eigenvalue weighted by Gasteiger charge is 2.51. The van der Waals surface area contributed by atoms with Crippen molar-refractivity contribution in [1.29, 1.82) is 0 Å². The van der Waals surface area contributed by atoms with E-state index >= 15 is 0 Å². The lowest BCUT2D eigenvalue weighted by Crippen LogP contribution is -2.57. The highest BCUT2D eigenvalue weighted by Crippen LogP contribution is 2.55. The molecule has 0 saturated carbocycles. The second kappa shape index (κ2) is 8.87. The van der Waals surface area contributed by atoms with Crippen LogP contribution in [0.5, 0.6) is 0 Å². The second-order valence-electron chi connectivity index (χ2n) is 11.9. The zero-order valence-electron chi connectivity index (χ0n) is 21.8. The van der Waals surface area contributed by atoms with E-state index in [1.54, 1.807) is 5.56 Å². The number of amides is 2. The first-order valence-electron chi connectivity index (χ1n) is 12.8. The maximum atomic E-state index is 12.8. The summed E-state index contributed by atoms with van der Waals surface area (Å²) in [5, 5.41) is 3.66. The average molecular weight is 536 g/mol. The van der Waals surface area contributed by atoms with Crippen molar-refractivity contribution in [3.05, 3.63) is 27.7 Å². The van der Waals surface area contributed by atoms with Crippen molar-refractivity contribution in [3.8, 4) is 0 Å². The SMILES string of the molecule is CCN(CC)C(=O)N[C@H]1C[C@@H]2c3cc(Br)cc4c3C(C[C@H]2N(C)C1)CN4[Si](C)(C)C(C)(C)C. The first-order chi connectivity index (χ1) is 15.4. The normalized spacial score (nSPS) is 27.2. The monoisotopic (exact) mass is 534 g/mol. The Kier molecular flexibility index (Phi) is 6.73. The van der Waals surface area contributed by atoms with E-state index in [1.807, 2.05) is 18.7 Å². The van der Waals surface area contributed by atoms with E-state index in [4.69, 9.17) is 0 Å². The van der Waals surface area contributed by atoms with Crippen molar-refractivity contribution < 1.29 is 4.79 Å². The molecule has 2 heterocycles. The van der Waals surface area contributed by atoms with Crippen LogP contribution in [0.4, 0.5) is 10.5 Å². The van der Waals surface area contributed by atoms with Crippen molar-refractivity contribution in [2.45, 2.75) is 89.5 Å². The predicted molar refractivity (Wildman–Crippen MR) is 145 cm³/mol. The lowest BCUT2D eigenvalue weighted by Gasteiger charge is -2.48. The Morgan fingerprint density at radius 1 is 1.18 bits per heavy atom. The molecule has 1 aromatic carbocycles. The minimum Gasteiger partial charge on any atom is -0.396 e. The fourth-order valence-corrected chi connectivity index (χ4v) is 9.05. The number of hydrogen-bond acceptors (Lipinski definition) is 3. The van der Waals surface area contributed by atoms with Gasteiger partial charge in [0.25, 0.3) is 0 Å². The van der Waals surface area contributed by atoms with Gasteiger partial charge in [-0.2, -0.15) is 0 Å². The van der Waals surface area contributed by atoms with Crippen LogP contribution in [-0.2, 0) is 0 Å². The van der Waals surface area contributed by atoms with Gasteiger partial charge in [0.1, 0.15) is 0 Å². The van der Waals surface area contributed by atoms with Gasteiger partial charge in [-0.05, 0) is 62.0 Å². The van der Waals surface area contributed by atoms with Crippen LogP contribution in [0.2, 0.25) is 18.1 Å². The summed E-state index contributed by atoms with van der Waals surface area (Å²) in [6.45, 7) is 20.0. The van der Waals surface area contributed by atoms with E-state index in [2.05, 4.69) is 83.8 Å². The van der Waals surface area contributed by atoms with Crippen LogP contribution in [0.25, 0.3) is 0 Å². The van der Waals surface area contributed by atoms with Crippen molar-refractivity contribution >= 4 is 35.9 Å². The molecular weight excluding hydrogens is 492 g/mol. The van der Waals surface area contributed by atoms with E-state index in [0.29, 0.717) is 22.9 Å². The van der Waals surface area contributed by atoms with Gasteiger partial charge in [0.2, 0.25) is 0 Å². The fourth-order valence-electron chi connectivity index (χ4n) is 6.32. The third-order valence-corrected chi connectivity index (χ3v) is 15.1. The van der Waals surface area contributed by atoms with Crippen LogP contribution in [0.1, 0.15) is 70.4 Å². The Balaban J connectivity index is 1.68. The highest BCUT2D eigenvalue weighted by atomic mass is 79.9. The number of halogens is 1. The summed E-state index contributed by atoms with van der Waals surface area (Å²) in [5.74, 6) is 1.08. The smallest absolute Gasteiger partial charge is 0.317 e. The number of rotatable bonds is 4. The maximum Gasteiger partial charge on any atom is 0.317 e. The summed E-state index contributed by atoms with van der Waals surface area (Å²) in [7, 11) is 0.577. The molecule has 1 unspecified atom stereocenters. The summed E-state index contributed by atoms with van der Waals surface area (Å²) in [6, 6.07) is 5.58. The van der Waals surface area contributed by atoms with Gasteiger partial charge >= 0.3 is 6.03 Å². The molecule has 2 amide bonds. The summed E-state index contributed by atoms with van der Waals surface area (Å²) in [4.78, 5) is 17.2. The summed E-state index contributed by atoms with van der Waals surface area (Å²) in [6.07, 6.45) is 2.25. The fraction of sp³-hybridized carbons (Fsp3) is 0.731. The average Bonchev–Trinajstić information content (AvgIpc) is 3.08. The third-order valence-electron chi connectivity index (χ3n) is 9.15. The lowest BCUT2D eigenvalue weighted by atomic mass is 9.70. The number of urea groups is 1. The standard InChI is InChI=1S/C26H43BrN4OSi/c1-9-30(10-2)25(32)28-19-14-20-21-12-18(27)13-23-24(21)17(11-22(20)29(6)16-19)15-31(23)33(7,8)26(3,4)5/h12-13,17,19-20,22H,9-11,14-16H2,1-8H3,(H,28,32)/t17?,19-,20+,22+/m0/s1. The molecule has 1 N–H and O–H groups in total. The van der Waals surface area contributed by atoms with Crippen LogP contribution < -0.4 is 9.88 Å². The van der Waals surface area contributed by atoms with E-state index in [1.165, 1.54) is 22.1 Å². The van der Waals surface area contributed by atoms with E-state index in [0.717, 1.165) is 32.6 Å². The van der Waals surface area contributed by atoms with Gasteiger partial charge in [0.05, 0.1) is 0 Å². The molecular formula is C26H43BrN4OSi. The number of anilines is 1. The van der Waals surface area contributed by atoms with Crippen molar-refractivity contribution in [1.82, 2.24) is 15.1 Å². The van der Waals surface area contributed by atoms with Crippen molar-refractivity contribution in [2.24, 2.45) is 0 Å². The number of hydrogen-bond donors (Lipinski definition) is 1. The summed E-state index contributed by atoms with van der Waals surface area (Å²) in [5.41, 5.74) is 4.61. The maximum absolute atomic E-state index is 12.8. The van der Waals surface area contributed by atoms with E-state index in [9.17, 15) is 4.79 Å². The van der Waals surface area contributed by atoms with Gasteiger partial charge in [0, 0.05) is 60.3 Å². The molecule has 3 aliphatic rings. The molecule has 0 radical (unpaired) electrons.